The number of aryl methyl sites for hydroxylation is 2. The maximum atomic E-state index is 12.3. The van der Waals surface area contributed by atoms with Gasteiger partial charge in [0.15, 0.2) is 0 Å². The number of rotatable bonds is 7. The molecule has 140 valence electrons. The summed E-state index contributed by atoms with van der Waals surface area (Å²) in [7, 11) is -3.49. The second kappa shape index (κ2) is 8.36. The van der Waals surface area contributed by atoms with Gasteiger partial charge in [-0.25, -0.2) is 8.42 Å². The van der Waals surface area contributed by atoms with Crippen LogP contribution in [0.1, 0.15) is 36.1 Å². The minimum atomic E-state index is -3.49. The van der Waals surface area contributed by atoms with Gasteiger partial charge in [0.1, 0.15) is 0 Å². The van der Waals surface area contributed by atoms with Crippen LogP contribution in [0.3, 0.4) is 0 Å². The highest BCUT2D eigenvalue weighted by Crippen LogP contribution is 2.26. The predicted molar refractivity (Wildman–Crippen MR) is 106 cm³/mol. The van der Waals surface area contributed by atoms with Gasteiger partial charge in [0.25, 0.3) is 0 Å². The molecule has 0 aliphatic carbocycles. The molecule has 2 aromatic carbocycles. The summed E-state index contributed by atoms with van der Waals surface area (Å²) < 4.78 is 25.9. The minimum Gasteiger partial charge on any atom is -0.350 e. The first-order valence-electron chi connectivity index (χ1n) is 8.58. The standard InChI is InChI=1S/C20H26N2O3S/c1-15-9-8-10-16(2)20(15)22(26(4,24)25)14-13-19(23)21-17(3)18-11-6-5-7-12-18/h5-12,17H,13-14H2,1-4H3,(H,21,23). The van der Waals surface area contributed by atoms with Crippen LogP contribution >= 0.6 is 0 Å². The summed E-state index contributed by atoms with van der Waals surface area (Å²) in [6, 6.07) is 15.2. The maximum absolute atomic E-state index is 12.3. The Morgan fingerprint density at radius 3 is 2.15 bits per heavy atom. The van der Waals surface area contributed by atoms with E-state index >= 15 is 0 Å². The molecule has 1 N–H and O–H groups in total. The van der Waals surface area contributed by atoms with Gasteiger partial charge in [-0.1, -0.05) is 48.5 Å². The fraction of sp³-hybridized carbons (Fsp3) is 0.350. The highest BCUT2D eigenvalue weighted by atomic mass is 32.2. The molecule has 0 aliphatic heterocycles. The molecule has 0 fully saturated rings. The van der Waals surface area contributed by atoms with Gasteiger partial charge < -0.3 is 5.32 Å². The van der Waals surface area contributed by atoms with Crippen molar-refractivity contribution in [2.75, 3.05) is 17.1 Å². The third-order valence-corrected chi connectivity index (χ3v) is 5.47. The summed E-state index contributed by atoms with van der Waals surface area (Å²) in [4.78, 5) is 12.3. The first kappa shape index (κ1) is 20.0. The third-order valence-electron chi connectivity index (χ3n) is 4.31. The monoisotopic (exact) mass is 374 g/mol. The van der Waals surface area contributed by atoms with E-state index in [1.165, 1.54) is 10.6 Å². The van der Waals surface area contributed by atoms with E-state index in [1.807, 2.05) is 69.3 Å². The Morgan fingerprint density at radius 1 is 1.04 bits per heavy atom. The first-order valence-corrected chi connectivity index (χ1v) is 10.4. The molecule has 2 rings (SSSR count). The van der Waals surface area contributed by atoms with Gasteiger partial charge >= 0.3 is 0 Å². The van der Waals surface area contributed by atoms with Crippen molar-refractivity contribution in [3.8, 4) is 0 Å². The predicted octanol–water partition coefficient (Wildman–Crippen LogP) is 3.34. The van der Waals surface area contributed by atoms with Crippen molar-refractivity contribution >= 4 is 21.6 Å². The number of para-hydroxylation sites is 1. The topological polar surface area (TPSA) is 66.5 Å². The third kappa shape index (κ3) is 5.08. The van der Waals surface area contributed by atoms with Crippen LogP contribution in [-0.2, 0) is 14.8 Å². The van der Waals surface area contributed by atoms with Gasteiger partial charge in [0.2, 0.25) is 15.9 Å². The molecule has 1 amide bonds. The zero-order chi connectivity index (χ0) is 19.3. The van der Waals surface area contributed by atoms with Gasteiger partial charge in [0, 0.05) is 13.0 Å². The lowest BCUT2D eigenvalue weighted by molar-refractivity contribution is -0.121. The van der Waals surface area contributed by atoms with Gasteiger partial charge in [-0.15, -0.1) is 0 Å². The van der Waals surface area contributed by atoms with Crippen LogP contribution in [0, 0.1) is 13.8 Å². The number of sulfonamides is 1. The number of nitrogens with zero attached hydrogens (tertiary/aromatic N) is 1. The molecule has 26 heavy (non-hydrogen) atoms. The Hall–Kier alpha value is -2.34. The summed E-state index contributed by atoms with van der Waals surface area (Å²) >= 11 is 0. The second-order valence-corrected chi connectivity index (χ2v) is 8.43. The fourth-order valence-corrected chi connectivity index (χ4v) is 4.03. The Balaban J connectivity index is 2.10. The Labute approximate surface area is 156 Å². The van der Waals surface area contributed by atoms with E-state index in [0.29, 0.717) is 5.69 Å². The molecule has 1 atom stereocenters. The van der Waals surface area contributed by atoms with Crippen molar-refractivity contribution < 1.29 is 13.2 Å². The highest BCUT2D eigenvalue weighted by Gasteiger charge is 2.22. The van der Waals surface area contributed by atoms with Gasteiger partial charge in [0.05, 0.1) is 18.0 Å². The molecule has 5 nitrogen and oxygen atoms in total. The van der Waals surface area contributed by atoms with E-state index in [1.54, 1.807) is 0 Å². The number of benzene rings is 2. The molecule has 2 aromatic rings. The van der Waals surface area contributed by atoms with Crippen molar-refractivity contribution in [1.82, 2.24) is 5.32 Å². The summed E-state index contributed by atoms with van der Waals surface area (Å²) in [5.74, 6) is -0.179. The van der Waals surface area contributed by atoms with Crippen molar-refractivity contribution in [3.05, 3.63) is 65.2 Å². The Bertz CT molecular complexity index is 844. The molecule has 0 saturated carbocycles. The number of carbonyl (C=O) groups is 1. The maximum Gasteiger partial charge on any atom is 0.232 e. The molecular weight excluding hydrogens is 348 g/mol. The van der Waals surface area contributed by atoms with Crippen LogP contribution in [0.15, 0.2) is 48.5 Å². The SMILES string of the molecule is Cc1cccc(C)c1N(CCC(=O)NC(C)c1ccccc1)S(C)(=O)=O. The molecule has 0 radical (unpaired) electrons. The zero-order valence-electron chi connectivity index (χ0n) is 15.7. The molecule has 0 aromatic heterocycles. The highest BCUT2D eigenvalue weighted by molar-refractivity contribution is 7.92. The van der Waals surface area contributed by atoms with E-state index in [0.717, 1.165) is 16.7 Å². The van der Waals surface area contributed by atoms with Crippen LogP contribution in [0.2, 0.25) is 0 Å². The van der Waals surface area contributed by atoms with Crippen LogP contribution in [0.25, 0.3) is 0 Å². The van der Waals surface area contributed by atoms with Gasteiger partial charge in [-0.3, -0.25) is 9.10 Å². The van der Waals surface area contributed by atoms with Crippen molar-refractivity contribution in [1.29, 1.82) is 0 Å². The van der Waals surface area contributed by atoms with E-state index in [2.05, 4.69) is 5.32 Å². The largest absolute Gasteiger partial charge is 0.350 e. The number of hydrogen-bond donors (Lipinski definition) is 1. The number of anilines is 1. The van der Waals surface area contributed by atoms with Crippen LogP contribution < -0.4 is 9.62 Å². The molecule has 0 spiro atoms. The van der Waals surface area contributed by atoms with Crippen molar-refractivity contribution in [3.63, 3.8) is 0 Å². The normalized spacial score (nSPS) is 12.5. The Kier molecular flexibility index (Phi) is 6.42. The summed E-state index contributed by atoms with van der Waals surface area (Å²) in [6.07, 6.45) is 1.27. The quantitative estimate of drug-likeness (QED) is 0.808. The number of hydrogen-bond acceptors (Lipinski definition) is 3. The molecule has 0 bridgehead atoms. The fourth-order valence-electron chi connectivity index (χ4n) is 2.98. The van der Waals surface area contributed by atoms with Crippen LogP contribution in [-0.4, -0.2) is 27.1 Å². The molecule has 1 unspecified atom stereocenters. The van der Waals surface area contributed by atoms with E-state index in [4.69, 9.17) is 0 Å². The summed E-state index contributed by atoms with van der Waals surface area (Å²) in [5.41, 5.74) is 3.40. The molecular formula is C20H26N2O3S. The molecule has 0 saturated heterocycles. The summed E-state index contributed by atoms with van der Waals surface area (Å²) in [6.45, 7) is 5.76. The lowest BCUT2D eigenvalue weighted by Gasteiger charge is -2.26. The number of amides is 1. The number of nitrogens with one attached hydrogen (secondary N) is 1. The molecule has 0 heterocycles. The smallest absolute Gasteiger partial charge is 0.232 e. The van der Waals surface area contributed by atoms with E-state index < -0.39 is 10.0 Å². The first-order chi connectivity index (χ1) is 12.2. The van der Waals surface area contributed by atoms with Crippen molar-refractivity contribution in [2.24, 2.45) is 0 Å². The number of carbonyl (C=O) groups excluding carboxylic acids is 1. The molecule has 0 aliphatic rings. The molecule has 6 heteroatoms. The van der Waals surface area contributed by atoms with E-state index in [-0.39, 0.29) is 24.9 Å². The van der Waals surface area contributed by atoms with Gasteiger partial charge in [-0.2, -0.15) is 0 Å². The average molecular weight is 375 g/mol. The van der Waals surface area contributed by atoms with E-state index in [9.17, 15) is 13.2 Å². The lowest BCUT2D eigenvalue weighted by Crippen LogP contribution is -2.36. The summed E-state index contributed by atoms with van der Waals surface area (Å²) in [5, 5.41) is 2.92. The second-order valence-electron chi connectivity index (χ2n) is 6.53. The average Bonchev–Trinajstić information content (AvgIpc) is 2.57. The zero-order valence-corrected chi connectivity index (χ0v) is 16.5. The van der Waals surface area contributed by atoms with Gasteiger partial charge in [-0.05, 0) is 37.5 Å². The van der Waals surface area contributed by atoms with Crippen LogP contribution in [0.4, 0.5) is 5.69 Å². The lowest BCUT2D eigenvalue weighted by atomic mass is 10.1. The van der Waals surface area contributed by atoms with Crippen molar-refractivity contribution in [2.45, 2.75) is 33.2 Å². The Morgan fingerprint density at radius 2 is 1.62 bits per heavy atom. The minimum absolute atomic E-state index is 0.0953. The van der Waals surface area contributed by atoms with Crippen LogP contribution in [0.5, 0.6) is 0 Å².